The van der Waals surface area contributed by atoms with Crippen LogP contribution in [-0.2, 0) is 4.79 Å². The Kier molecular flexibility index (Phi) is 3.13. The van der Waals surface area contributed by atoms with E-state index < -0.39 is 0 Å². The smallest absolute Gasteiger partial charge is 0.223 e. The first-order valence-electron chi connectivity index (χ1n) is 7.54. The molecule has 18 heavy (non-hydrogen) atoms. The number of amides is 1. The standard InChI is InChI=1S/C15H26N2O/c1-17(14(18)2-3-16)10-15-7-11-4-12(8-15)6-13(5-11)9-15/h11-13H,2-10,16H2,1H3. The van der Waals surface area contributed by atoms with Crippen molar-refractivity contribution in [2.45, 2.75) is 44.9 Å². The van der Waals surface area contributed by atoms with E-state index in [9.17, 15) is 4.79 Å². The second-order valence-electron chi connectivity index (χ2n) is 7.21. The highest BCUT2D eigenvalue weighted by molar-refractivity contribution is 5.76. The summed E-state index contributed by atoms with van der Waals surface area (Å²) in [7, 11) is 1.97. The molecule has 3 nitrogen and oxygen atoms in total. The van der Waals surface area contributed by atoms with E-state index in [1.807, 2.05) is 11.9 Å². The molecule has 0 saturated heterocycles. The summed E-state index contributed by atoms with van der Waals surface area (Å²) in [5.41, 5.74) is 5.95. The fourth-order valence-corrected chi connectivity index (χ4v) is 5.39. The van der Waals surface area contributed by atoms with Crippen molar-refractivity contribution in [3.8, 4) is 0 Å². The van der Waals surface area contributed by atoms with Gasteiger partial charge in [0.15, 0.2) is 0 Å². The third-order valence-corrected chi connectivity index (χ3v) is 5.52. The van der Waals surface area contributed by atoms with Gasteiger partial charge in [-0.25, -0.2) is 0 Å². The van der Waals surface area contributed by atoms with Crippen LogP contribution in [0.25, 0.3) is 0 Å². The van der Waals surface area contributed by atoms with Crippen LogP contribution < -0.4 is 5.73 Å². The zero-order chi connectivity index (χ0) is 12.8. The largest absolute Gasteiger partial charge is 0.345 e. The van der Waals surface area contributed by atoms with Crippen LogP contribution in [0.3, 0.4) is 0 Å². The molecule has 0 radical (unpaired) electrons. The lowest BCUT2D eigenvalue weighted by molar-refractivity contribution is -0.135. The van der Waals surface area contributed by atoms with Crippen molar-refractivity contribution < 1.29 is 4.79 Å². The summed E-state index contributed by atoms with van der Waals surface area (Å²) in [6, 6.07) is 0. The van der Waals surface area contributed by atoms with E-state index in [4.69, 9.17) is 5.73 Å². The first-order valence-corrected chi connectivity index (χ1v) is 7.54. The van der Waals surface area contributed by atoms with Crippen molar-refractivity contribution in [1.29, 1.82) is 0 Å². The monoisotopic (exact) mass is 250 g/mol. The predicted molar refractivity (Wildman–Crippen MR) is 71.9 cm³/mol. The first kappa shape index (κ1) is 12.5. The average molecular weight is 250 g/mol. The SMILES string of the molecule is CN(CC12CC3CC(CC(C3)C1)C2)C(=O)CCN. The fourth-order valence-electron chi connectivity index (χ4n) is 5.39. The number of nitrogens with zero attached hydrogens (tertiary/aromatic N) is 1. The molecule has 2 N–H and O–H groups in total. The second kappa shape index (κ2) is 4.52. The maximum atomic E-state index is 11.9. The molecule has 0 spiro atoms. The number of nitrogens with two attached hydrogens (primary N) is 1. The lowest BCUT2D eigenvalue weighted by atomic mass is 9.49. The minimum Gasteiger partial charge on any atom is -0.345 e. The molecule has 4 bridgehead atoms. The summed E-state index contributed by atoms with van der Waals surface area (Å²) in [5, 5.41) is 0. The van der Waals surface area contributed by atoms with Gasteiger partial charge in [-0.2, -0.15) is 0 Å². The molecule has 4 fully saturated rings. The maximum absolute atomic E-state index is 11.9. The summed E-state index contributed by atoms with van der Waals surface area (Å²) in [6.45, 7) is 1.46. The van der Waals surface area contributed by atoms with Crippen LogP contribution in [0.1, 0.15) is 44.9 Å². The highest BCUT2D eigenvalue weighted by Crippen LogP contribution is 2.60. The van der Waals surface area contributed by atoms with Crippen LogP contribution >= 0.6 is 0 Å². The molecular weight excluding hydrogens is 224 g/mol. The molecule has 0 unspecified atom stereocenters. The molecule has 0 aromatic rings. The Labute approximate surface area is 110 Å². The molecule has 102 valence electrons. The van der Waals surface area contributed by atoms with E-state index in [0.717, 1.165) is 24.3 Å². The zero-order valence-electron chi connectivity index (χ0n) is 11.5. The van der Waals surface area contributed by atoms with Gasteiger partial charge in [-0.05, 0) is 61.7 Å². The highest BCUT2D eigenvalue weighted by atomic mass is 16.2. The fraction of sp³-hybridized carbons (Fsp3) is 0.933. The van der Waals surface area contributed by atoms with Crippen molar-refractivity contribution >= 4 is 5.91 Å². The molecule has 4 rings (SSSR count). The molecule has 0 aromatic carbocycles. The third-order valence-electron chi connectivity index (χ3n) is 5.52. The van der Waals surface area contributed by atoms with Crippen molar-refractivity contribution in [2.75, 3.05) is 20.1 Å². The third kappa shape index (κ3) is 2.18. The van der Waals surface area contributed by atoms with Gasteiger partial charge >= 0.3 is 0 Å². The van der Waals surface area contributed by atoms with Gasteiger partial charge < -0.3 is 10.6 Å². The Bertz CT molecular complexity index is 304. The van der Waals surface area contributed by atoms with Crippen LogP contribution in [0.2, 0.25) is 0 Å². The number of hydrogen-bond donors (Lipinski definition) is 1. The molecule has 3 heteroatoms. The quantitative estimate of drug-likeness (QED) is 0.829. The van der Waals surface area contributed by atoms with Gasteiger partial charge in [-0.3, -0.25) is 4.79 Å². The van der Waals surface area contributed by atoms with E-state index in [2.05, 4.69) is 0 Å². The number of carbonyl (C=O) groups excluding carboxylic acids is 1. The van der Waals surface area contributed by atoms with Gasteiger partial charge in [0, 0.05) is 26.6 Å². The molecule has 4 aliphatic rings. The molecule has 1 amide bonds. The Morgan fingerprint density at radius 3 is 2.11 bits per heavy atom. The van der Waals surface area contributed by atoms with Crippen molar-refractivity contribution in [1.82, 2.24) is 4.90 Å². The molecule has 0 heterocycles. The minimum atomic E-state index is 0.230. The Balaban J connectivity index is 1.66. The maximum Gasteiger partial charge on any atom is 0.223 e. The van der Waals surface area contributed by atoms with Gasteiger partial charge in [0.1, 0.15) is 0 Å². The van der Waals surface area contributed by atoms with Gasteiger partial charge in [0.2, 0.25) is 5.91 Å². The molecule has 4 aliphatic carbocycles. The van der Waals surface area contributed by atoms with Gasteiger partial charge in [-0.15, -0.1) is 0 Å². The second-order valence-corrected chi connectivity index (χ2v) is 7.21. The Morgan fingerprint density at radius 2 is 1.67 bits per heavy atom. The number of rotatable bonds is 4. The van der Waals surface area contributed by atoms with Crippen molar-refractivity contribution in [3.05, 3.63) is 0 Å². The predicted octanol–water partition coefficient (Wildman–Crippen LogP) is 2.01. The summed E-state index contributed by atoms with van der Waals surface area (Å²) in [4.78, 5) is 13.9. The molecule has 0 atom stereocenters. The number of hydrogen-bond acceptors (Lipinski definition) is 2. The summed E-state index contributed by atoms with van der Waals surface area (Å²) in [5.74, 6) is 3.13. The van der Waals surface area contributed by atoms with E-state index in [-0.39, 0.29) is 5.91 Å². The topological polar surface area (TPSA) is 46.3 Å². The summed E-state index contributed by atoms with van der Waals surface area (Å²) in [6.07, 6.45) is 9.04. The first-order chi connectivity index (χ1) is 8.60. The van der Waals surface area contributed by atoms with Crippen molar-refractivity contribution in [3.63, 3.8) is 0 Å². The molecular formula is C15H26N2O. The minimum absolute atomic E-state index is 0.230. The van der Waals surface area contributed by atoms with Gasteiger partial charge in [0.25, 0.3) is 0 Å². The number of carbonyl (C=O) groups is 1. The van der Waals surface area contributed by atoms with Crippen molar-refractivity contribution in [2.24, 2.45) is 28.9 Å². The molecule has 0 aliphatic heterocycles. The van der Waals surface area contributed by atoms with Crippen LogP contribution in [-0.4, -0.2) is 30.9 Å². The normalized spacial score (nSPS) is 41.1. The average Bonchev–Trinajstić information content (AvgIpc) is 2.26. The zero-order valence-corrected chi connectivity index (χ0v) is 11.5. The highest BCUT2D eigenvalue weighted by Gasteiger charge is 2.51. The Morgan fingerprint density at radius 1 is 1.17 bits per heavy atom. The van der Waals surface area contributed by atoms with Gasteiger partial charge in [0.05, 0.1) is 0 Å². The lowest BCUT2D eigenvalue weighted by Gasteiger charge is -2.57. The van der Waals surface area contributed by atoms with Crippen LogP contribution in [0.5, 0.6) is 0 Å². The Hall–Kier alpha value is -0.570. The van der Waals surface area contributed by atoms with Crippen LogP contribution in [0.4, 0.5) is 0 Å². The summed E-state index contributed by atoms with van der Waals surface area (Å²) >= 11 is 0. The summed E-state index contributed by atoms with van der Waals surface area (Å²) < 4.78 is 0. The van der Waals surface area contributed by atoms with E-state index in [1.54, 1.807) is 0 Å². The van der Waals surface area contributed by atoms with E-state index in [0.29, 0.717) is 18.4 Å². The lowest BCUT2D eigenvalue weighted by Crippen LogP contribution is -2.51. The van der Waals surface area contributed by atoms with E-state index in [1.165, 1.54) is 38.5 Å². The van der Waals surface area contributed by atoms with Gasteiger partial charge in [-0.1, -0.05) is 0 Å². The molecule has 0 aromatic heterocycles. The van der Waals surface area contributed by atoms with Crippen LogP contribution in [0.15, 0.2) is 0 Å². The van der Waals surface area contributed by atoms with Crippen LogP contribution in [0, 0.1) is 23.2 Å². The van der Waals surface area contributed by atoms with E-state index >= 15 is 0 Å². The molecule has 4 saturated carbocycles.